The zero-order valence-electron chi connectivity index (χ0n) is 13.4. The summed E-state index contributed by atoms with van der Waals surface area (Å²) in [6.07, 6.45) is 2.78. The second-order valence-corrected chi connectivity index (χ2v) is 6.12. The molecule has 0 bridgehead atoms. The van der Waals surface area contributed by atoms with E-state index in [0.29, 0.717) is 12.4 Å². The average molecular weight is 335 g/mol. The molecule has 1 heterocycles. The summed E-state index contributed by atoms with van der Waals surface area (Å²) in [4.78, 5) is 11.1. The number of carbonyl (C=O) groups is 1. The predicted molar refractivity (Wildman–Crippen MR) is 89.2 cm³/mol. The quantitative estimate of drug-likeness (QED) is 0.561. The number of rotatable bonds is 9. The fourth-order valence-electron chi connectivity index (χ4n) is 2.09. The van der Waals surface area contributed by atoms with Gasteiger partial charge in [0.15, 0.2) is 5.16 Å². The van der Waals surface area contributed by atoms with Gasteiger partial charge in [0.2, 0.25) is 0 Å². The number of ether oxygens (including phenoxy) is 1. The zero-order chi connectivity index (χ0) is 16.7. The van der Waals surface area contributed by atoms with Crippen LogP contribution in [0.4, 0.5) is 0 Å². The minimum absolute atomic E-state index is 0.192. The van der Waals surface area contributed by atoms with Crippen molar-refractivity contribution in [1.82, 2.24) is 14.8 Å². The third kappa shape index (κ3) is 4.72. The molecule has 23 heavy (non-hydrogen) atoms. The highest BCUT2D eigenvalue weighted by Crippen LogP contribution is 2.20. The van der Waals surface area contributed by atoms with E-state index in [0.717, 1.165) is 36.0 Å². The zero-order valence-corrected chi connectivity index (χ0v) is 14.2. The first kappa shape index (κ1) is 17.3. The first-order chi connectivity index (χ1) is 11.1. The van der Waals surface area contributed by atoms with E-state index in [-0.39, 0.29) is 5.56 Å². The lowest BCUT2D eigenvalue weighted by molar-refractivity contribution is 0.0692. The Labute approximate surface area is 139 Å². The summed E-state index contributed by atoms with van der Waals surface area (Å²) in [6.45, 7) is 2.59. The molecule has 0 saturated heterocycles. The molecule has 0 amide bonds. The number of hydrogen-bond acceptors (Lipinski definition) is 5. The third-order valence-corrected chi connectivity index (χ3v) is 4.40. The number of aromatic carboxylic acids is 1. The largest absolute Gasteiger partial charge is 0.493 e. The standard InChI is InChI=1S/C16H21N3O3S/c1-3-7-14-17-18-16(19(14)2)23-11-6-10-22-13-9-5-4-8-12(13)15(20)21/h4-5,8-9H,3,6-7,10-11H2,1-2H3,(H,20,21). The van der Waals surface area contributed by atoms with Gasteiger partial charge in [-0.1, -0.05) is 30.8 Å². The van der Waals surface area contributed by atoms with Gasteiger partial charge in [-0.3, -0.25) is 0 Å². The van der Waals surface area contributed by atoms with Crippen LogP contribution in [0.25, 0.3) is 0 Å². The SMILES string of the molecule is CCCc1nnc(SCCCOc2ccccc2C(=O)O)n1C. The highest BCUT2D eigenvalue weighted by molar-refractivity contribution is 7.99. The number of nitrogens with zero attached hydrogens (tertiary/aromatic N) is 3. The maximum absolute atomic E-state index is 11.1. The van der Waals surface area contributed by atoms with E-state index in [1.807, 2.05) is 11.6 Å². The van der Waals surface area contributed by atoms with Crippen molar-refractivity contribution in [2.24, 2.45) is 7.05 Å². The van der Waals surface area contributed by atoms with Crippen LogP contribution in [-0.2, 0) is 13.5 Å². The van der Waals surface area contributed by atoms with Crippen LogP contribution in [-0.4, -0.2) is 38.2 Å². The number of hydrogen-bond donors (Lipinski definition) is 1. The fraction of sp³-hybridized carbons (Fsp3) is 0.438. The van der Waals surface area contributed by atoms with Crippen molar-refractivity contribution in [2.75, 3.05) is 12.4 Å². The van der Waals surface area contributed by atoms with Crippen molar-refractivity contribution in [2.45, 2.75) is 31.3 Å². The predicted octanol–water partition coefficient (Wildman–Crippen LogP) is 3.03. The van der Waals surface area contributed by atoms with Gasteiger partial charge >= 0.3 is 5.97 Å². The first-order valence-corrected chi connectivity index (χ1v) is 8.58. The van der Waals surface area contributed by atoms with Gasteiger partial charge in [0.05, 0.1) is 6.61 Å². The molecule has 0 saturated carbocycles. The smallest absolute Gasteiger partial charge is 0.339 e. The lowest BCUT2D eigenvalue weighted by Crippen LogP contribution is -2.05. The summed E-state index contributed by atoms with van der Waals surface area (Å²) >= 11 is 1.63. The number of carboxylic acid groups (broad SMARTS) is 1. The van der Waals surface area contributed by atoms with Gasteiger partial charge in [-0.2, -0.15) is 0 Å². The molecule has 1 aromatic carbocycles. The van der Waals surface area contributed by atoms with Crippen LogP contribution in [0, 0.1) is 0 Å². The molecular formula is C16H21N3O3S. The van der Waals surface area contributed by atoms with Crippen molar-refractivity contribution in [3.63, 3.8) is 0 Å². The Balaban J connectivity index is 1.77. The van der Waals surface area contributed by atoms with Gasteiger partial charge in [-0.05, 0) is 25.0 Å². The number of carboxylic acids is 1. The van der Waals surface area contributed by atoms with Crippen LogP contribution in [0.5, 0.6) is 5.75 Å². The topological polar surface area (TPSA) is 77.2 Å². The number of para-hydroxylation sites is 1. The molecule has 7 heteroatoms. The van der Waals surface area contributed by atoms with Gasteiger partial charge in [0.1, 0.15) is 17.1 Å². The number of aryl methyl sites for hydroxylation is 1. The van der Waals surface area contributed by atoms with Crippen LogP contribution < -0.4 is 4.74 Å². The molecule has 0 fully saturated rings. The molecular weight excluding hydrogens is 314 g/mol. The molecule has 6 nitrogen and oxygen atoms in total. The molecule has 0 aliphatic carbocycles. The Kier molecular flexibility index (Phi) is 6.46. The van der Waals surface area contributed by atoms with Gasteiger partial charge < -0.3 is 14.4 Å². The van der Waals surface area contributed by atoms with Crippen molar-refractivity contribution < 1.29 is 14.6 Å². The van der Waals surface area contributed by atoms with E-state index in [4.69, 9.17) is 9.84 Å². The van der Waals surface area contributed by atoms with Crippen LogP contribution in [0.3, 0.4) is 0 Å². The van der Waals surface area contributed by atoms with Crippen molar-refractivity contribution in [3.8, 4) is 5.75 Å². The van der Waals surface area contributed by atoms with Gasteiger partial charge in [0, 0.05) is 19.2 Å². The summed E-state index contributed by atoms with van der Waals surface area (Å²) in [5.74, 6) is 1.28. The number of benzene rings is 1. The van der Waals surface area contributed by atoms with Crippen molar-refractivity contribution in [1.29, 1.82) is 0 Å². The highest BCUT2D eigenvalue weighted by Gasteiger charge is 2.10. The van der Waals surface area contributed by atoms with Crippen molar-refractivity contribution in [3.05, 3.63) is 35.7 Å². The van der Waals surface area contributed by atoms with Gasteiger partial charge in [-0.15, -0.1) is 10.2 Å². The Morgan fingerprint density at radius 2 is 2.13 bits per heavy atom. The Hall–Kier alpha value is -2.02. The molecule has 0 atom stereocenters. The molecule has 1 aromatic heterocycles. The summed E-state index contributed by atoms with van der Waals surface area (Å²) < 4.78 is 7.60. The monoisotopic (exact) mass is 335 g/mol. The number of thioether (sulfide) groups is 1. The first-order valence-electron chi connectivity index (χ1n) is 7.59. The van der Waals surface area contributed by atoms with Gasteiger partial charge in [0.25, 0.3) is 0 Å². The molecule has 2 aromatic rings. The van der Waals surface area contributed by atoms with E-state index >= 15 is 0 Å². The maximum Gasteiger partial charge on any atom is 0.339 e. The third-order valence-electron chi connectivity index (χ3n) is 3.29. The van der Waals surface area contributed by atoms with E-state index in [9.17, 15) is 4.79 Å². The molecule has 2 rings (SSSR count). The molecule has 0 unspecified atom stereocenters. The Bertz CT molecular complexity index is 658. The fourth-order valence-corrected chi connectivity index (χ4v) is 2.93. The minimum Gasteiger partial charge on any atom is -0.493 e. The normalized spacial score (nSPS) is 10.7. The van der Waals surface area contributed by atoms with E-state index in [1.165, 1.54) is 0 Å². The van der Waals surface area contributed by atoms with Crippen LogP contribution >= 0.6 is 11.8 Å². The lowest BCUT2D eigenvalue weighted by atomic mass is 10.2. The molecule has 0 radical (unpaired) electrons. The van der Waals surface area contributed by atoms with E-state index < -0.39 is 5.97 Å². The molecule has 124 valence electrons. The molecule has 1 N–H and O–H groups in total. The van der Waals surface area contributed by atoms with Crippen molar-refractivity contribution >= 4 is 17.7 Å². The lowest BCUT2D eigenvalue weighted by Gasteiger charge is -2.08. The molecule has 0 aliphatic heterocycles. The maximum atomic E-state index is 11.1. The van der Waals surface area contributed by atoms with Gasteiger partial charge in [-0.25, -0.2) is 4.79 Å². The summed E-state index contributed by atoms with van der Waals surface area (Å²) in [7, 11) is 1.98. The average Bonchev–Trinajstić information content (AvgIpc) is 2.88. The second-order valence-electron chi connectivity index (χ2n) is 5.06. The van der Waals surface area contributed by atoms with E-state index in [1.54, 1.807) is 36.0 Å². The highest BCUT2D eigenvalue weighted by atomic mass is 32.2. The number of aromatic nitrogens is 3. The molecule has 0 aliphatic rings. The summed E-state index contributed by atoms with van der Waals surface area (Å²) in [6, 6.07) is 6.68. The summed E-state index contributed by atoms with van der Waals surface area (Å²) in [5.41, 5.74) is 0.192. The summed E-state index contributed by atoms with van der Waals surface area (Å²) in [5, 5.41) is 18.4. The molecule has 0 spiro atoms. The minimum atomic E-state index is -0.975. The van der Waals surface area contributed by atoms with Crippen LogP contribution in [0.2, 0.25) is 0 Å². The van der Waals surface area contributed by atoms with Crippen LogP contribution in [0.1, 0.15) is 35.9 Å². The Morgan fingerprint density at radius 3 is 2.87 bits per heavy atom. The Morgan fingerprint density at radius 1 is 1.35 bits per heavy atom. The second kappa shape index (κ2) is 8.57. The van der Waals surface area contributed by atoms with Crippen LogP contribution in [0.15, 0.2) is 29.4 Å². The van der Waals surface area contributed by atoms with E-state index in [2.05, 4.69) is 17.1 Å².